The van der Waals surface area contributed by atoms with Crippen LogP contribution in [0.1, 0.15) is 32.6 Å². The van der Waals surface area contributed by atoms with Gasteiger partial charge in [0.2, 0.25) is 5.92 Å². The van der Waals surface area contributed by atoms with Crippen LogP contribution in [0, 0.1) is 0 Å². The molecule has 1 unspecified atom stereocenters. The molecule has 0 aromatic carbocycles. The van der Waals surface area contributed by atoms with Gasteiger partial charge in [-0.05, 0) is 19.8 Å². The minimum absolute atomic E-state index is 0.0665. The monoisotopic (exact) mass is 235 g/mol. The zero-order valence-electron chi connectivity index (χ0n) is 9.55. The lowest BCUT2D eigenvalue weighted by Crippen LogP contribution is -2.34. The Morgan fingerprint density at radius 1 is 1.56 bits per heavy atom. The first-order chi connectivity index (χ1) is 7.43. The third-order valence-corrected chi connectivity index (χ3v) is 2.12. The topological polar surface area (TPSA) is 52.3 Å². The minimum Gasteiger partial charge on any atom is -0.465 e. The number of alkyl halides is 2. The summed E-state index contributed by atoms with van der Waals surface area (Å²) in [4.78, 5) is 11.1. The molecule has 1 atom stereocenters. The van der Waals surface area contributed by atoms with Gasteiger partial charge in [-0.2, -0.15) is 0 Å². The van der Waals surface area contributed by atoms with Crippen LogP contribution in [-0.4, -0.2) is 24.5 Å². The number of halogens is 2. The predicted molar refractivity (Wildman–Crippen MR) is 58.2 cm³/mol. The molecule has 0 aliphatic carbocycles. The summed E-state index contributed by atoms with van der Waals surface area (Å²) in [5.74, 6) is -3.42. The summed E-state index contributed by atoms with van der Waals surface area (Å²) in [5, 5.41) is 0. The Kier molecular flexibility index (Phi) is 6.88. The van der Waals surface area contributed by atoms with Crippen LogP contribution in [-0.2, 0) is 9.53 Å². The summed E-state index contributed by atoms with van der Waals surface area (Å²) in [6, 6.07) is -0.963. The van der Waals surface area contributed by atoms with Crippen molar-refractivity contribution in [3.05, 3.63) is 12.7 Å². The first-order valence-electron chi connectivity index (χ1n) is 5.34. The maximum absolute atomic E-state index is 13.2. The highest BCUT2D eigenvalue weighted by molar-refractivity contribution is 5.75. The molecule has 2 N–H and O–H groups in total. The number of hydrogen-bond acceptors (Lipinski definition) is 3. The van der Waals surface area contributed by atoms with E-state index in [0.29, 0.717) is 0 Å². The molecule has 0 aromatic rings. The van der Waals surface area contributed by atoms with E-state index in [1.54, 1.807) is 6.92 Å². The van der Waals surface area contributed by atoms with Gasteiger partial charge in [0.25, 0.3) is 0 Å². The van der Waals surface area contributed by atoms with Crippen LogP contribution in [0.5, 0.6) is 0 Å². The van der Waals surface area contributed by atoms with Gasteiger partial charge in [-0.3, -0.25) is 4.79 Å². The maximum atomic E-state index is 13.2. The molecule has 0 heterocycles. The third kappa shape index (κ3) is 6.50. The molecule has 0 amide bonds. The van der Waals surface area contributed by atoms with E-state index in [1.807, 2.05) is 0 Å². The first kappa shape index (κ1) is 15.0. The second kappa shape index (κ2) is 7.33. The zero-order valence-corrected chi connectivity index (χ0v) is 9.55. The van der Waals surface area contributed by atoms with Crippen LogP contribution in [0.15, 0.2) is 12.7 Å². The Bertz CT molecular complexity index is 232. The normalized spacial score (nSPS) is 13.2. The van der Waals surface area contributed by atoms with Crippen LogP contribution in [0.4, 0.5) is 8.78 Å². The molecular weight excluding hydrogens is 216 g/mol. The van der Waals surface area contributed by atoms with E-state index in [1.165, 1.54) is 6.08 Å². The smallest absolute Gasteiger partial charge is 0.322 e. The SMILES string of the molecule is C=CCCC(F)(F)CCC(N)C(=O)OCC. The van der Waals surface area contributed by atoms with Gasteiger partial charge in [0, 0.05) is 12.8 Å². The van der Waals surface area contributed by atoms with E-state index < -0.39 is 24.4 Å². The van der Waals surface area contributed by atoms with Gasteiger partial charge in [0.1, 0.15) is 6.04 Å². The highest BCUT2D eigenvalue weighted by Gasteiger charge is 2.29. The van der Waals surface area contributed by atoms with Gasteiger partial charge in [-0.15, -0.1) is 6.58 Å². The van der Waals surface area contributed by atoms with Crippen LogP contribution >= 0.6 is 0 Å². The Balaban J connectivity index is 3.93. The summed E-state index contributed by atoms with van der Waals surface area (Å²) in [6.07, 6.45) is 0.969. The number of nitrogens with two attached hydrogens (primary N) is 1. The highest BCUT2D eigenvalue weighted by atomic mass is 19.3. The van der Waals surface area contributed by atoms with Crippen LogP contribution in [0.2, 0.25) is 0 Å². The van der Waals surface area contributed by atoms with Crippen molar-refractivity contribution in [2.24, 2.45) is 5.73 Å². The fraction of sp³-hybridized carbons (Fsp3) is 0.727. The van der Waals surface area contributed by atoms with E-state index in [4.69, 9.17) is 5.73 Å². The first-order valence-corrected chi connectivity index (χ1v) is 5.34. The quantitative estimate of drug-likeness (QED) is 0.518. The predicted octanol–water partition coefficient (Wildman–Crippen LogP) is 2.26. The summed E-state index contributed by atoms with van der Waals surface area (Å²) >= 11 is 0. The van der Waals surface area contributed by atoms with Gasteiger partial charge in [0.15, 0.2) is 0 Å². The molecule has 0 saturated heterocycles. The third-order valence-electron chi connectivity index (χ3n) is 2.12. The number of carbonyl (C=O) groups excluding carboxylic acids is 1. The molecule has 3 nitrogen and oxygen atoms in total. The van der Waals surface area contributed by atoms with Crippen LogP contribution in [0.3, 0.4) is 0 Å². The molecular formula is C11H19F2NO2. The van der Waals surface area contributed by atoms with E-state index in [0.717, 1.165) is 0 Å². The average Bonchev–Trinajstić information content (AvgIpc) is 2.23. The maximum Gasteiger partial charge on any atom is 0.322 e. The fourth-order valence-corrected chi connectivity index (χ4v) is 1.17. The second-order valence-electron chi connectivity index (χ2n) is 3.58. The highest BCUT2D eigenvalue weighted by Crippen LogP contribution is 2.26. The molecule has 0 saturated carbocycles. The van der Waals surface area contributed by atoms with E-state index in [9.17, 15) is 13.6 Å². The van der Waals surface area contributed by atoms with E-state index >= 15 is 0 Å². The number of rotatable bonds is 8. The molecule has 0 aromatic heterocycles. The zero-order chi connectivity index (χ0) is 12.6. The van der Waals surface area contributed by atoms with E-state index in [2.05, 4.69) is 11.3 Å². The van der Waals surface area contributed by atoms with Crippen molar-refractivity contribution in [3.8, 4) is 0 Å². The molecule has 16 heavy (non-hydrogen) atoms. The van der Waals surface area contributed by atoms with Crippen molar-refractivity contribution in [2.45, 2.75) is 44.6 Å². The summed E-state index contributed by atoms with van der Waals surface area (Å²) in [7, 11) is 0. The Morgan fingerprint density at radius 3 is 2.69 bits per heavy atom. The largest absolute Gasteiger partial charge is 0.465 e. The van der Waals surface area contributed by atoms with Crippen molar-refractivity contribution < 1.29 is 18.3 Å². The summed E-state index contributed by atoms with van der Waals surface area (Å²) < 4.78 is 31.0. The number of esters is 1. The lowest BCUT2D eigenvalue weighted by atomic mass is 10.0. The van der Waals surface area contributed by atoms with E-state index in [-0.39, 0.29) is 25.9 Å². The summed E-state index contributed by atoms with van der Waals surface area (Å²) in [5.41, 5.74) is 5.41. The van der Waals surface area contributed by atoms with Gasteiger partial charge in [-0.1, -0.05) is 6.08 Å². The molecule has 0 rings (SSSR count). The van der Waals surface area contributed by atoms with Gasteiger partial charge in [0.05, 0.1) is 6.61 Å². The molecule has 0 fully saturated rings. The van der Waals surface area contributed by atoms with Gasteiger partial charge >= 0.3 is 5.97 Å². The standard InChI is InChI=1S/C11H19F2NO2/c1-3-5-7-11(12,13)8-6-9(14)10(15)16-4-2/h3,9H,1,4-8,14H2,2H3. The van der Waals surface area contributed by atoms with Crippen LogP contribution < -0.4 is 5.73 Å². The molecule has 0 aliphatic heterocycles. The Labute approximate surface area is 94.6 Å². The van der Waals surface area contributed by atoms with Crippen molar-refractivity contribution in [2.75, 3.05) is 6.61 Å². The molecule has 0 radical (unpaired) electrons. The lowest BCUT2D eigenvalue weighted by molar-refractivity contribution is -0.145. The number of hydrogen-bond donors (Lipinski definition) is 1. The van der Waals surface area contributed by atoms with Crippen molar-refractivity contribution in [3.63, 3.8) is 0 Å². The molecule has 0 aliphatic rings. The van der Waals surface area contributed by atoms with Gasteiger partial charge < -0.3 is 10.5 Å². The Morgan fingerprint density at radius 2 is 2.19 bits per heavy atom. The number of allylic oxidation sites excluding steroid dienone is 1. The van der Waals surface area contributed by atoms with Crippen molar-refractivity contribution >= 4 is 5.97 Å². The molecule has 94 valence electrons. The molecule has 0 spiro atoms. The minimum atomic E-state index is -2.79. The average molecular weight is 235 g/mol. The second-order valence-corrected chi connectivity index (χ2v) is 3.58. The summed E-state index contributed by atoms with van der Waals surface area (Å²) in [6.45, 7) is 5.23. The van der Waals surface area contributed by atoms with Crippen molar-refractivity contribution in [1.29, 1.82) is 0 Å². The molecule has 5 heteroatoms. The van der Waals surface area contributed by atoms with Crippen LogP contribution in [0.25, 0.3) is 0 Å². The number of carbonyl (C=O) groups is 1. The van der Waals surface area contributed by atoms with Gasteiger partial charge in [-0.25, -0.2) is 8.78 Å². The van der Waals surface area contributed by atoms with Crippen molar-refractivity contribution in [1.82, 2.24) is 0 Å². The Hall–Kier alpha value is -0.970. The molecule has 0 bridgehead atoms. The fourth-order valence-electron chi connectivity index (χ4n) is 1.17. The number of ether oxygens (including phenoxy) is 1. The lowest BCUT2D eigenvalue weighted by Gasteiger charge is -2.17.